The van der Waals surface area contributed by atoms with Crippen LogP contribution in [-0.4, -0.2) is 48.1 Å². The summed E-state index contributed by atoms with van der Waals surface area (Å²) >= 11 is 1.58. The zero-order chi connectivity index (χ0) is 13.6. The summed E-state index contributed by atoms with van der Waals surface area (Å²) in [5.74, 6) is -0.375. The number of carboxylic acid groups (broad SMARTS) is 1. The molecule has 0 aromatic carbocycles. The van der Waals surface area contributed by atoms with E-state index >= 15 is 0 Å². The Kier molecular flexibility index (Phi) is 5.95. The fourth-order valence-electron chi connectivity index (χ4n) is 2.08. The summed E-state index contributed by atoms with van der Waals surface area (Å²) in [6.07, 6.45) is 4.14. The van der Waals surface area contributed by atoms with Crippen LogP contribution in [0.5, 0.6) is 0 Å². The highest BCUT2D eigenvalue weighted by atomic mass is 32.2. The van der Waals surface area contributed by atoms with E-state index < -0.39 is 17.4 Å². The molecule has 1 aliphatic heterocycles. The van der Waals surface area contributed by atoms with Gasteiger partial charge in [0.05, 0.1) is 5.41 Å². The number of carbonyl (C=O) groups is 2. The number of carboxylic acids is 1. The third-order valence-electron chi connectivity index (χ3n) is 3.36. The highest BCUT2D eigenvalue weighted by Gasteiger charge is 2.36. The van der Waals surface area contributed by atoms with Crippen LogP contribution >= 0.6 is 11.8 Å². The van der Waals surface area contributed by atoms with Crippen molar-refractivity contribution in [2.24, 2.45) is 5.41 Å². The van der Waals surface area contributed by atoms with Gasteiger partial charge < -0.3 is 15.7 Å². The first-order valence-corrected chi connectivity index (χ1v) is 7.62. The van der Waals surface area contributed by atoms with Crippen LogP contribution in [0.1, 0.15) is 26.2 Å². The third-order valence-corrected chi connectivity index (χ3v) is 4.00. The standard InChI is InChI=1S/C12H22N2O3S/c1-12(5-3-6-13-8-12)11(17)14-9(10(15)16)4-7-18-2/h9,13H,3-8H2,1-2H3,(H,14,17)(H,15,16)/t9-,12?/m0/s1. The number of hydrogen-bond acceptors (Lipinski definition) is 4. The first kappa shape index (κ1) is 15.3. The van der Waals surface area contributed by atoms with Crippen molar-refractivity contribution in [3.05, 3.63) is 0 Å². The Labute approximate surface area is 112 Å². The molecule has 0 spiro atoms. The van der Waals surface area contributed by atoms with E-state index in [0.29, 0.717) is 13.0 Å². The lowest BCUT2D eigenvalue weighted by Crippen LogP contribution is -2.53. The molecule has 1 aliphatic rings. The average molecular weight is 274 g/mol. The number of thioether (sulfide) groups is 1. The quantitative estimate of drug-likeness (QED) is 0.664. The number of amides is 1. The van der Waals surface area contributed by atoms with Crippen LogP contribution in [0.3, 0.4) is 0 Å². The van der Waals surface area contributed by atoms with Crippen molar-refractivity contribution in [1.82, 2.24) is 10.6 Å². The molecule has 0 aromatic rings. The molecule has 5 nitrogen and oxygen atoms in total. The Morgan fingerprint density at radius 3 is 2.78 bits per heavy atom. The molecule has 1 fully saturated rings. The summed E-state index contributed by atoms with van der Waals surface area (Å²) in [6.45, 7) is 3.44. The monoisotopic (exact) mass is 274 g/mol. The van der Waals surface area contributed by atoms with Crippen molar-refractivity contribution in [3.63, 3.8) is 0 Å². The Morgan fingerprint density at radius 1 is 1.56 bits per heavy atom. The molecule has 1 rings (SSSR count). The molecule has 1 saturated heterocycles. The summed E-state index contributed by atoms with van der Waals surface area (Å²) in [6, 6.07) is -0.774. The first-order chi connectivity index (χ1) is 8.49. The topological polar surface area (TPSA) is 78.4 Å². The van der Waals surface area contributed by atoms with E-state index in [9.17, 15) is 9.59 Å². The lowest BCUT2D eigenvalue weighted by molar-refractivity contribution is -0.144. The van der Waals surface area contributed by atoms with Crippen LogP contribution < -0.4 is 10.6 Å². The summed E-state index contributed by atoms with van der Waals surface area (Å²) in [4.78, 5) is 23.3. The Morgan fingerprint density at radius 2 is 2.28 bits per heavy atom. The van der Waals surface area contributed by atoms with Crippen LogP contribution in [0.25, 0.3) is 0 Å². The number of carbonyl (C=O) groups excluding carboxylic acids is 1. The van der Waals surface area contributed by atoms with Gasteiger partial charge in [0.15, 0.2) is 0 Å². The summed E-state index contributed by atoms with van der Waals surface area (Å²) in [5, 5.41) is 15.0. The Balaban J connectivity index is 2.56. The molecular weight excluding hydrogens is 252 g/mol. The maximum atomic E-state index is 12.2. The number of hydrogen-bond donors (Lipinski definition) is 3. The van der Waals surface area contributed by atoms with Crippen molar-refractivity contribution >= 4 is 23.6 Å². The van der Waals surface area contributed by atoms with Gasteiger partial charge in [-0.1, -0.05) is 0 Å². The minimum absolute atomic E-state index is 0.150. The molecule has 104 valence electrons. The van der Waals surface area contributed by atoms with Crippen molar-refractivity contribution < 1.29 is 14.7 Å². The van der Waals surface area contributed by atoms with E-state index in [1.807, 2.05) is 13.2 Å². The van der Waals surface area contributed by atoms with Crippen molar-refractivity contribution in [1.29, 1.82) is 0 Å². The molecule has 1 amide bonds. The third kappa shape index (κ3) is 4.17. The largest absolute Gasteiger partial charge is 0.480 e. The molecule has 6 heteroatoms. The van der Waals surface area contributed by atoms with E-state index in [-0.39, 0.29) is 5.91 Å². The van der Waals surface area contributed by atoms with Crippen LogP contribution in [0, 0.1) is 5.41 Å². The SMILES string of the molecule is CSCC[C@H](NC(=O)C1(C)CCCNC1)C(=O)O. The Hall–Kier alpha value is -0.750. The average Bonchev–Trinajstić information content (AvgIpc) is 2.34. The second-order valence-electron chi connectivity index (χ2n) is 4.99. The van der Waals surface area contributed by atoms with Gasteiger partial charge in [0, 0.05) is 6.54 Å². The lowest BCUT2D eigenvalue weighted by Gasteiger charge is -2.33. The highest BCUT2D eigenvalue weighted by Crippen LogP contribution is 2.25. The molecule has 18 heavy (non-hydrogen) atoms. The van der Waals surface area contributed by atoms with Crippen LogP contribution in [-0.2, 0) is 9.59 Å². The van der Waals surface area contributed by atoms with Crippen LogP contribution in [0.4, 0.5) is 0 Å². The summed E-state index contributed by atoms with van der Waals surface area (Å²) < 4.78 is 0. The van der Waals surface area contributed by atoms with E-state index in [1.54, 1.807) is 11.8 Å². The molecule has 3 N–H and O–H groups in total. The molecule has 0 bridgehead atoms. The van der Waals surface area contributed by atoms with Crippen molar-refractivity contribution in [2.75, 3.05) is 25.1 Å². The van der Waals surface area contributed by atoms with Gasteiger partial charge >= 0.3 is 5.97 Å². The van der Waals surface area contributed by atoms with Crippen LogP contribution in [0.2, 0.25) is 0 Å². The molecule has 0 aromatic heterocycles. The highest BCUT2D eigenvalue weighted by molar-refractivity contribution is 7.98. The Bertz CT molecular complexity index is 304. The van der Waals surface area contributed by atoms with Gasteiger partial charge in [0.1, 0.15) is 6.04 Å². The van der Waals surface area contributed by atoms with Crippen LogP contribution in [0.15, 0.2) is 0 Å². The second kappa shape index (κ2) is 6.99. The van der Waals surface area contributed by atoms with Gasteiger partial charge in [-0.2, -0.15) is 11.8 Å². The molecule has 0 saturated carbocycles. The van der Waals surface area contributed by atoms with E-state index in [0.717, 1.165) is 25.1 Å². The van der Waals surface area contributed by atoms with Gasteiger partial charge in [0.2, 0.25) is 5.91 Å². The second-order valence-corrected chi connectivity index (χ2v) is 5.97. The van der Waals surface area contributed by atoms with Gasteiger partial charge in [-0.15, -0.1) is 0 Å². The zero-order valence-electron chi connectivity index (χ0n) is 11.0. The molecule has 0 radical (unpaired) electrons. The van der Waals surface area contributed by atoms with Gasteiger partial charge in [-0.25, -0.2) is 4.79 Å². The number of aliphatic carboxylic acids is 1. The van der Waals surface area contributed by atoms with Gasteiger partial charge in [-0.3, -0.25) is 4.79 Å². The molecule has 2 atom stereocenters. The molecule has 1 heterocycles. The number of rotatable bonds is 6. The van der Waals surface area contributed by atoms with E-state index in [2.05, 4.69) is 10.6 Å². The minimum Gasteiger partial charge on any atom is -0.480 e. The molecule has 0 aliphatic carbocycles. The van der Waals surface area contributed by atoms with Crippen molar-refractivity contribution in [3.8, 4) is 0 Å². The van der Waals surface area contributed by atoms with Crippen molar-refractivity contribution in [2.45, 2.75) is 32.2 Å². The maximum Gasteiger partial charge on any atom is 0.326 e. The van der Waals surface area contributed by atoms with E-state index in [4.69, 9.17) is 5.11 Å². The van der Waals surface area contributed by atoms with Gasteiger partial charge in [-0.05, 0) is 44.7 Å². The molecule has 1 unspecified atom stereocenters. The lowest BCUT2D eigenvalue weighted by atomic mass is 9.81. The fourth-order valence-corrected chi connectivity index (χ4v) is 2.55. The zero-order valence-corrected chi connectivity index (χ0v) is 11.8. The molecular formula is C12H22N2O3S. The number of nitrogens with one attached hydrogen (secondary N) is 2. The predicted octanol–water partition coefficient (Wildman–Crippen LogP) is 0.699. The smallest absolute Gasteiger partial charge is 0.326 e. The normalized spacial score (nSPS) is 25.4. The van der Waals surface area contributed by atoms with E-state index in [1.165, 1.54) is 0 Å². The maximum absolute atomic E-state index is 12.2. The minimum atomic E-state index is -0.954. The number of piperidine rings is 1. The summed E-state index contributed by atoms with van der Waals surface area (Å²) in [5.41, 5.74) is -0.481. The fraction of sp³-hybridized carbons (Fsp3) is 0.833. The summed E-state index contributed by atoms with van der Waals surface area (Å²) in [7, 11) is 0. The predicted molar refractivity (Wildman–Crippen MR) is 72.8 cm³/mol. The first-order valence-electron chi connectivity index (χ1n) is 6.23. The van der Waals surface area contributed by atoms with Gasteiger partial charge in [0.25, 0.3) is 0 Å².